The number of hydrogen-bond acceptors (Lipinski definition) is 7. The van der Waals surface area contributed by atoms with Crippen LogP contribution in [0.5, 0.6) is 0 Å². The minimum absolute atomic E-state index is 0.0332. The molecule has 1 aliphatic rings. The molecule has 2 N–H and O–H groups in total. The van der Waals surface area contributed by atoms with Crippen molar-refractivity contribution >= 4 is 40.1 Å². The Morgan fingerprint density at radius 3 is 2.94 bits per heavy atom. The van der Waals surface area contributed by atoms with Crippen LogP contribution in [0.2, 0.25) is 0 Å². The zero-order valence-electron chi connectivity index (χ0n) is 19.2. The lowest BCUT2D eigenvalue weighted by molar-refractivity contribution is -0.126. The summed E-state index contributed by atoms with van der Waals surface area (Å²) in [5.41, 5.74) is 2.21. The summed E-state index contributed by atoms with van der Waals surface area (Å²) >= 11 is 1.31. The fourth-order valence-corrected chi connectivity index (χ4v) is 5.28. The summed E-state index contributed by atoms with van der Waals surface area (Å²) in [5, 5.41) is 12.5. The summed E-state index contributed by atoms with van der Waals surface area (Å²) in [6.45, 7) is 6.45. The topological polar surface area (TPSA) is 113 Å². The molecule has 10 heteroatoms. The first-order valence-corrected chi connectivity index (χ1v) is 12.2. The highest BCUT2D eigenvalue weighted by atomic mass is 32.1. The zero-order chi connectivity index (χ0) is 24.5. The molecule has 1 saturated heterocycles. The second-order valence-corrected chi connectivity index (χ2v) is 9.50. The standard InChI is InChI=1S/C25H25N5O4S/c1-3-23(32)29-10-4-5-17(29)13-30-19-7-6-16(14-31)11-18(19)27-25(30)28-24(33)22-9-8-21(35-22)20-12-26-15(2)34-20/h3,6-9,11-12,17,31H,1,4-5,10,13-14H2,2H3,(H,27,28,33)/t17-/m1/s1. The fraction of sp³-hybridized carbons (Fsp3) is 0.280. The van der Waals surface area contributed by atoms with Crippen molar-refractivity contribution in [3.8, 4) is 10.6 Å². The summed E-state index contributed by atoms with van der Waals surface area (Å²) in [7, 11) is 0. The maximum absolute atomic E-state index is 13.2. The Bertz CT molecular complexity index is 1420. The molecule has 35 heavy (non-hydrogen) atoms. The summed E-state index contributed by atoms with van der Waals surface area (Å²) in [6, 6.07) is 9.05. The summed E-state index contributed by atoms with van der Waals surface area (Å²) in [6.07, 6.45) is 4.74. The van der Waals surface area contributed by atoms with Gasteiger partial charge in [0, 0.05) is 20.0 Å². The van der Waals surface area contributed by atoms with Crippen LogP contribution in [0.4, 0.5) is 5.95 Å². The van der Waals surface area contributed by atoms with E-state index in [1.54, 1.807) is 25.3 Å². The Morgan fingerprint density at radius 1 is 1.34 bits per heavy atom. The highest BCUT2D eigenvalue weighted by Crippen LogP contribution is 2.30. The van der Waals surface area contributed by atoms with Crippen molar-refractivity contribution in [2.75, 3.05) is 11.9 Å². The van der Waals surface area contributed by atoms with E-state index in [9.17, 15) is 14.7 Å². The normalized spacial score (nSPS) is 15.6. The number of carbonyl (C=O) groups is 2. The number of nitrogens with one attached hydrogen (secondary N) is 1. The van der Waals surface area contributed by atoms with Crippen LogP contribution in [0, 0.1) is 6.92 Å². The quantitative estimate of drug-likeness (QED) is 0.378. The van der Waals surface area contributed by atoms with Gasteiger partial charge in [0.15, 0.2) is 11.7 Å². The highest BCUT2D eigenvalue weighted by Gasteiger charge is 2.29. The fourth-order valence-electron chi connectivity index (χ4n) is 4.43. The van der Waals surface area contributed by atoms with Gasteiger partial charge >= 0.3 is 0 Å². The van der Waals surface area contributed by atoms with Crippen LogP contribution in [-0.2, 0) is 17.9 Å². The van der Waals surface area contributed by atoms with Crippen molar-refractivity contribution in [3.63, 3.8) is 0 Å². The van der Waals surface area contributed by atoms with Crippen molar-refractivity contribution in [1.82, 2.24) is 19.4 Å². The molecule has 1 fully saturated rings. The van der Waals surface area contributed by atoms with Gasteiger partial charge in [-0.15, -0.1) is 11.3 Å². The Hall–Kier alpha value is -3.76. The minimum atomic E-state index is -0.290. The number of nitrogens with zero attached hydrogens (tertiary/aromatic N) is 4. The highest BCUT2D eigenvalue weighted by molar-refractivity contribution is 7.17. The predicted octanol–water partition coefficient (Wildman–Crippen LogP) is 3.98. The van der Waals surface area contributed by atoms with Crippen LogP contribution in [0.3, 0.4) is 0 Å². The number of benzene rings is 1. The number of aryl methyl sites for hydroxylation is 1. The first-order chi connectivity index (χ1) is 17.0. The van der Waals surface area contributed by atoms with Crippen molar-refractivity contribution in [1.29, 1.82) is 0 Å². The number of carbonyl (C=O) groups excluding carboxylic acids is 2. The van der Waals surface area contributed by atoms with Gasteiger partial charge in [-0.2, -0.15) is 0 Å². The molecule has 9 nitrogen and oxygen atoms in total. The van der Waals surface area contributed by atoms with Crippen molar-refractivity contribution in [3.05, 3.63) is 65.5 Å². The molecule has 2 amide bonds. The molecule has 3 aromatic heterocycles. The van der Waals surface area contributed by atoms with Crippen molar-refractivity contribution in [2.24, 2.45) is 0 Å². The second kappa shape index (κ2) is 9.47. The number of amides is 2. The van der Waals surface area contributed by atoms with Gasteiger partial charge in [-0.05, 0) is 48.7 Å². The SMILES string of the molecule is C=CC(=O)N1CCC[C@@H]1Cn1c(NC(=O)c2ccc(-c3cnc(C)o3)s2)nc2cc(CO)ccc21. The average Bonchev–Trinajstić information content (AvgIpc) is 3.65. The molecule has 1 aromatic carbocycles. The largest absolute Gasteiger partial charge is 0.440 e. The van der Waals surface area contributed by atoms with Crippen LogP contribution < -0.4 is 5.32 Å². The lowest BCUT2D eigenvalue weighted by Gasteiger charge is -2.24. The van der Waals surface area contributed by atoms with Crippen LogP contribution in [0.1, 0.15) is 34.0 Å². The van der Waals surface area contributed by atoms with Gasteiger partial charge in [-0.1, -0.05) is 12.6 Å². The van der Waals surface area contributed by atoms with Gasteiger partial charge in [0.1, 0.15) is 0 Å². The van der Waals surface area contributed by atoms with Crippen molar-refractivity contribution < 1.29 is 19.1 Å². The summed E-state index contributed by atoms with van der Waals surface area (Å²) < 4.78 is 7.50. The number of oxazole rings is 1. The molecule has 0 unspecified atom stereocenters. The van der Waals surface area contributed by atoms with E-state index in [0.29, 0.717) is 41.1 Å². The number of hydrogen-bond donors (Lipinski definition) is 2. The molecule has 0 aliphatic carbocycles. The van der Waals surface area contributed by atoms with E-state index >= 15 is 0 Å². The molecule has 1 atom stereocenters. The zero-order valence-corrected chi connectivity index (χ0v) is 20.0. The number of aromatic nitrogens is 3. The number of anilines is 1. The van der Waals surface area contributed by atoms with E-state index in [1.165, 1.54) is 17.4 Å². The van der Waals surface area contributed by atoms with Gasteiger partial charge in [-0.3, -0.25) is 14.9 Å². The Balaban J connectivity index is 1.46. The maximum atomic E-state index is 13.2. The Morgan fingerprint density at radius 2 is 2.20 bits per heavy atom. The van der Waals surface area contributed by atoms with Gasteiger partial charge in [-0.25, -0.2) is 9.97 Å². The number of fused-ring (bicyclic) bond motifs is 1. The molecular formula is C25H25N5O4S. The maximum Gasteiger partial charge on any atom is 0.268 e. The first-order valence-electron chi connectivity index (χ1n) is 11.3. The van der Waals surface area contributed by atoms with E-state index in [2.05, 4.69) is 21.9 Å². The molecule has 180 valence electrons. The lowest BCUT2D eigenvalue weighted by atomic mass is 10.2. The number of thiophene rings is 1. The molecule has 0 radical (unpaired) electrons. The third-order valence-electron chi connectivity index (χ3n) is 6.14. The van der Waals surface area contributed by atoms with Crippen LogP contribution in [-0.4, -0.2) is 48.9 Å². The molecule has 1 aliphatic heterocycles. The Kier molecular flexibility index (Phi) is 6.23. The van der Waals surface area contributed by atoms with E-state index in [1.807, 2.05) is 27.7 Å². The lowest BCUT2D eigenvalue weighted by Crippen LogP contribution is -2.37. The minimum Gasteiger partial charge on any atom is -0.440 e. The number of aliphatic hydroxyl groups is 1. The number of likely N-dealkylation sites (tertiary alicyclic amines) is 1. The smallest absolute Gasteiger partial charge is 0.268 e. The number of rotatable bonds is 7. The van der Waals surface area contributed by atoms with E-state index in [-0.39, 0.29) is 24.5 Å². The second-order valence-electron chi connectivity index (χ2n) is 8.42. The number of aliphatic hydroxyl groups excluding tert-OH is 1. The monoisotopic (exact) mass is 491 g/mol. The molecule has 0 saturated carbocycles. The van der Waals surface area contributed by atoms with Gasteiger partial charge in [0.05, 0.1) is 39.6 Å². The van der Waals surface area contributed by atoms with Gasteiger partial charge < -0.3 is 19.0 Å². The molecule has 4 aromatic rings. The molecule has 5 rings (SSSR count). The third-order valence-corrected chi connectivity index (χ3v) is 7.24. The average molecular weight is 492 g/mol. The summed E-state index contributed by atoms with van der Waals surface area (Å²) in [5.74, 6) is 1.18. The predicted molar refractivity (Wildman–Crippen MR) is 133 cm³/mol. The first kappa shape index (κ1) is 23.0. The van der Waals surface area contributed by atoms with E-state index in [4.69, 9.17) is 4.42 Å². The summed E-state index contributed by atoms with van der Waals surface area (Å²) in [4.78, 5) is 37.4. The molecule has 0 spiro atoms. The third kappa shape index (κ3) is 4.50. The Labute approximate surface area is 205 Å². The van der Waals surface area contributed by atoms with Gasteiger partial charge in [0.2, 0.25) is 11.9 Å². The van der Waals surface area contributed by atoms with Gasteiger partial charge in [0.25, 0.3) is 5.91 Å². The van der Waals surface area contributed by atoms with E-state index < -0.39 is 0 Å². The van der Waals surface area contributed by atoms with Crippen LogP contribution in [0.15, 0.2) is 53.6 Å². The van der Waals surface area contributed by atoms with E-state index in [0.717, 1.165) is 28.8 Å². The van der Waals surface area contributed by atoms with Crippen LogP contribution >= 0.6 is 11.3 Å². The van der Waals surface area contributed by atoms with Crippen LogP contribution in [0.25, 0.3) is 21.7 Å². The number of imidazole rings is 1. The molecule has 0 bridgehead atoms. The van der Waals surface area contributed by atoms with Crippen molar-refractivity contribution in [2.45, 2.75) is 39.0 Å². The molecule has 4 heterocycles. The molecular weight excluding hydrogens is 466 g/mol.